The van der Waals surface area contributed by atoms with Crippen LogP contribution in [0.3, 0.4) is 0 Å². The monoisotopic (exact) mass is 632 g/mol. The van der Waals surface area contributed by atoms with Gasteiger partial charge in [0.2, 0.25) is 0 Å². The Hall–Kier alpha value is -6.50. The summed E-state index contributed by atoms with van der Waals surface area (Å²) in [6, 6.07) is 71.5. The summed E-state index contributed by atoms with van der Waals surface area (Å²) < 4.78 is 0. The lowest BCUT2D eigenvalue weighted by Gasteiger charge is -2.20. The van der Waals surface area contributed by atoms with Crippen LogP contribution in [0.5, 0.6) is 0 Å². The van der Waals surface area contributed by atoms with Gasteiger partial charge in [-0.2, -0.15) is 0 Å². The van der Waals surface area contributed by atoms with Crippen molar-refractivity contribution in [2.75, 3.05) is 0 Å². The normalized spacial score (nSPS) is 11.6. The van der Waals surface area contributed by atoms with E-state index in [4.69, 9.17) is 0 Å². The maximum absolute atomic E-state index is 2.44. The molecule has 0 aromatic heterocycles. The second kappa shape index (κ2) is 11.6. The molecule has 0 aliphatic heterocycles. The van der Waals surface area contributed by atoms with E-state index in [9.17, 15) is 0 Å². The maximum atomic E-state index is 2.44. The zero-order chi connectivity index (χ0) is 33.0. The lowest BCUT2D eigenvalue weighted by atomic mass is 9.83. The van der Waals surface area contributed by atoms with Gasteiger partial charge in [-0.3, -0.25) is 0 Å². The van der Waals surface area contributed by atoms with E-state index in [1.54, 1.807) is 0 Å². The first-order valence-electron chi connectivity index (χ1n) is 17.3. The minimum absolute atomic E-state index is 1.22. The number of hydrogen-bond donors (Lipinski definition) is 0. The van der Waals surface area contributed by atoms with Gasteiger partial charge in [-0.1, -0.05) is 176 Å². The average molecular weight is 633 g/mol. The third-order valence-electron chi connectivity index (χ3n) is 10.4. The highest BCUT2D eigenvalue weighted by Crippen LogP contribution is 2.47. The van der Waals surface area contributed by atoms with Crippen LogP contribution in [0.15, 0.2) is 194 Å². The van der Waals surface area contributed by atoms with Crippen molar-refractivity contribution in [3.8, 4) is 44.5 Å². The SMILES string of the molecule is c1cc(-c2ccc3ccccc3c2)cc(-c2c3ccccc3c(-c3cccc4ccccc34)c3cc(-c4cccc5ccccc45)ccc23)c1. The van der Waals surface area contributed by atoms with Gasteiger partial charge in [0.25, 0.3) is 0 Å². The second-order valence-electron chi connectivity index (χ2n) is 13.3. The molecule has 0 unspecified atom stereocenters. The molecule has 0 atom stereocenters. The summed E-state index contributed by atoms with van der Waals surface area (Å²) >= 11 is 0. The van der Waals surface area contributed by atoms with Gasteiger partial charge in [0.1, 0.15) is 0 Å². The highest BCUT2D eigenvalue weighted by atomic mass is 14.2. The van der Waals surface area contributed by atoms with E-state index >= 15 is 0 Å². The van der Waals surface area contributed by atoms with Crippen molar-refractivity contribution in [2.45, 2.75) is 0 Å². The van der Waals surface area contributed by atoms with E-state index in [2.05, 4.69) is 194 Å². The molecule has 0 saturated heterocycles. The third kappa shape index (κ3) is 4.61. The predicted molar refractivity (Wildman–Crippen MR) is 216 cm³/mol. The first-order valence-corrected chi connectivity index (χ1v) is 17.3. The van der Waals surface area contributed by atoms with Crippen molar-refractivity contribution in [3.05, 3.63) is 194 Å². The molecule has 10 aromatic rings. The summed E-state index contributed by atoms with van der Waals surface area (Å²) in [6.45, 7) is 0. The molecular formula is C50H32. The second-order valence-corrected chi connectivity index (χ2v) is 13.3. The Balaban J connectivity index is 1.29. The highest BCUT2D eigenvalue weighted by Gasteiger charge is 2.19. The molecule has 232 valence electrons. The van der Waals surface area contributed by atoms with Gasteiger partial charge in [-0.05, 0) is 117 Å². The van der Waals surface area contributed by atoms with Crippen LogP contribution < -0.4 is 0 Å². The van der Waals surface area contributed by atoms with E-state index in [0.717, 1.165) is 0 Å². The molecule has 0 nitrogen and oxygen atoms in total. The number of benzene rings is 10. The lowest BCUT2D eigenvalue weighted by molar-refractivity contribution is 1.62. The first kappa shape index (κ1) is 28.5. The van der Waals surface area contributed by atoms with Gasteiger partial charge in [-0.25, -0.2) is 0 Å². The van der Waals surface area contributed by atoms with Crippen LogP contribution in [0.2, 0.25) is 0 Å². The van der Waals surface area contributed by atoms with Crippen LogP contribution in [0.1, 0.15) is 0 Å². The van der Waals surface area contributed by atoms with Crippen molar-refractivity contribution < 1.29 is 0 Å². The first-order chi connectivity index (χ1) is 24.8. The summed E-state index contributed by atoms with van der Waals surface area (Å²) in [6.07, 6.45) is 0. The molecule has 0 aliphatic rings. The highest BCUT2D eigenvalue weighted by molar-refractivity contribution is 6.24. The fourth-order valence-corrected chi connectivity index (χ4v) is 8.09. The molecular weight excluding hydrogens is 601 g/mol. The Morgan fingerprint density at radius 1 is 0.200 bits per heavy atom. The molecule has 0 amide bonds. The Morgan fingerprint density at radius 2 is 0.700 bits per heavy atom. The molecule has 0 heterocycles. The Bertz CT molecular complexity index is 2920. The van der Waals surface area contributed by atoms with Gasteiger partial charge in [0.05, 0.1) is 0 Å². The molecule has 0 aliphatic carbocycles. The molecule has 0 radical (unpaired) electrons. The molecule has 0 fully saturated rings. The van der Waals surface area contributed by atoms with Gasteiger partial charge in [-0.15, -0.1) is 0 Å². The third-order valence-corrected chi connectivity index (χ3v) is 10.4. The number of hydrogen-bond acceptors (Lipinski definition) is 0. The van der Waals surface area contributed by atoms with E-state index in [1.165, 1.54) is 98.4 Å². The minimum Gasteiger partial charge on any atom is -0.0616 e. The fraction of sp³-hybridized carbons (Fsp3) is 0. The van der Waals surface area contributed by atoms with E-state index < -0.39 is 0 Å². The van der Waals surface area contributed by atoms with Crippen molar-refractivity contribution in [1.82, 2.24) is 0 Å². The largest absolute Gasteiger partial charge is 0.0616 e. The van der Waals surface area contributed by atoms with E-state index in [-0.39, 0.29) is 0 Å². The van der Waals surface area contributed by atoms with E-state index in [0.29, 0.717) is 0 Å². The average Bonchev–Trinajstić information content (AvgIpc) is 3.19. The smallest absolute Gasteiger partial charge is 0.00199 e. The van der Waals surface area contributed by atoms with Crippen LogP contribution in [0.25, 0.3) is 98.4 Å². The van der Waals surface area contributed by atoms with Crippen LogP contribution in [0, 0.1) is 0 Å². The van der Waals surface area contributed by atoms with Crippen molar-refractivity contribution >= 4 is 53.9 Å². The van der Waals surface area contributed by atoms with Gasteiger partial charge < -0.3 is 0 Å². The molecule has 0 heteroatoms. The summed E-state index contributed by atoms with van der Waals surface area (Å²) in [7, 11) is 0. The zero-order valence-electron chi connectivity index (χ0n) is 27.5. The summed E-state index contributed by atoms with van der Waals surface area (Å²) in [5, 5.41) is 12.6. The maximum Gasteiger partial charge on any atom is -0.00199 e. The van der Waals surface area contributed by atoms with Crippen molar-refractivity contribution in [2.24, 2.45) is 0 Å². The van der Waals surface area contributed by atoms with Crippen LogP contribution in [0.4, 0.5) is 0 Å². The van der Waals surface area contributed by atoms with Crippen LogP contribution in [-0.2, 0) is 0 Å². The van der Waals surface area contributed by atoms with Gasteiger partial charge in [0.15, 0.2) is 0 Å². The molecule has 0 saturated carbocycles. The summed E-state index contributed by atoms with van der Waals surface area (Å²) in [5.74, 6) is 0. The number of rotatable bonds is 4. The minimum atomic E-state index is 1.22. The topological polar surface area (TPSA) is 0 Å². The van der Waals surface area contributed by atoms with Crippen molar-refractivity contribution in [1.29, 1.82) is 0 Å². The Kier molecular flexibility index (Phi) is 6.60. The van der Waals surface area contributed by atoms with E-state index in [1.807, 2.05) is 0 Å². The Morgan fingerprint density at radius 3 is 1.46 bits per heavy atom. The molecule has 10 rings (SSSR count). The van der Waals surface area contributed by atoms with Crippen LogP contribution >= 0.6 is 0 Å². The van der Waals surface area contributed by atoms with Crippen LogP contribution in [-0.4, -0.2) is 0 Å². The number of fused-ring (bicyclic) bond motifs is 5. The molecule has 0 N–H and O–H groups in total. The van der Waals surface area contributed by atoms with Gasteiger partial charge >= 0.3 is 0 Å². The lowest BCUT2D eigenvalue weighted by Crippen LogP contribution is -1.93. The van der Waals surface area contributed by atoms with Crippen molar-refractivity contribution in [3.63, 3.8) is 0 Å². The standard InChI is InChI=1S/C50H32/c1-2-15-36-30-38(27-26-33(36)12-1)37-18-9-19-40(31-37)49-45-22-7-8-23-46(45)50(44-25-11-17-35-14-4-6-21-42(35)44)48-32-39(28-29-47(48)49)43-24-10-16-34-13-3-5-20-41(34)43/h1-32H. The summed E-state index contributed by atoms with van der Waals surface area (Å²) in [4.78, 5) is 0. The molecule has 0 spiro atoms. The Labute approximate surface area is 291 Å². The molecule has 0 bridgehead atoms. The summed E-state index contributed by atoms with van der Waals surface area (Å²) in [5.41, 5.74) is 9.95. The van der Waals surface area contributed by atoms with Gasteiger partial charge in [0, 0.05) is 0 Å². The predicted octanol–water partition coefficient (Wildman–Crippen LogP) is 14.1. The molecule has 10 aromatic carbocycles. The quantitative estimate of drug-likeness (QED) is 0.169. The fourth-order valence-electron chi connectivity index (χ4n) is 8.09. The molecule has 50 heavy (non-hydrogen) atoms. The zero-order valence-corrected chi connectivity index (χ0v) is 27.5.